The minimum absolute atomic E-state index is 0.111. The molecule has 5 nitrogen and oxygen atoms in total. The van der Waals surface area contributed by atoms with E-state index in [4.69, 9.17) is 4.74 Å². The van der Waals surface area contributed by atoms with Crippen LogP contribution in [0.2, 0.25) is 0 Å². The Kier molecular flexibility index (Phi) is 5.13. The van der Waals surface area contributed by atoms with Crippen LogP contribution in [0.4, 0.5) is 4.39 Å². The van der Waals surface area contributed by atoms with Crippen LogP contribution in [-0.4, -0.2) is 53.5 Å². The molecule has 3 aliphatic rings. The van der Waals surface area contributed by atoms with Gasteiger partial charge in [-0.3, -0.25) is 9.69 Å². The summed E-state index contributed by atoms with van der Waals surface area (Å²) in [6.45, 7) is 3.48. The van der Waals surface area contributed by atoms with Gasteiger partial charge in [0, 0.05) is 54.4 Å². The first-order valence-corrected chi connectivity index (χ1v) is 12.1. The van der Waals surface area contributed by atoms with Gasteiger partial charge in [-0.2, -0.15) is 0 Å². The summed E-state index contributed by atoms with van der Waals surface area (Å²) in [6.07, 6.45) is 7.53. The maximum absolute atomic E-state index is 13.7. The zero-order valence-electron chi connectivity index (χ0n) is 19.1. The molecule has 1 amide bonds. The molecule has 6 heteroatoms. The van der Waals surface area contributed by atoms with Crippen molar-refractivity contribution in [1.82, 2.24) is 14.8 Å². The van der Waals surface area contributed by atoms with Gasteiger partial charge in [0.1, 0.15) is 18.2 Å². The van der Waals surface area contributed by atoms with E-state index in [1.54, 1.807) is 11.0 Å². The minimum Gasteiger partial charge on any atom is -0.492 e. The van der Waals surface area contributed by atoms with Gasteiger partial charge in [-0.25, -0.2) is 4.39 Å². The first-order chi connectivity index (χ1) is 16.1. The number of benzene rings is 2. The average molecular weight is 448 g/mol. The van der Waals surface area contributed by atoms with Gasteiger partial charge < -0.3 is 14.6 Å². The third kappa shape index (κ3) is 3.90. The predicted molar refractivity (Wildman–Crippen MR) is 126 cm³/mol. The molecule has 3 heterocycles. The number of ether oxygens (including phenoxy) is 1. The smallest absolute Gasteiger partial charge is 0.254 e. The number of aromatic nitrogens is 1. The van der Waals surface area contributed by atoms with Gasteiger partial charge in [0.05, 0.1) is 0 Å². The molecule has 1 unspecified atom stereocenters. The fourth-order valence-corrected chi connectivity index (χ4v) is 5.53. The summed E-state index contributed by atoms with van der Waals surface area (Å²) in [7, 11) is 1.87. The molecule has 1 atom stereocenters. The highest BCUT2D eigenvalue weighted by Crippen LogP contribution is 2.37. The Morgan fingerprint density at radius 3 is 2.94 bits per heavy atom. The second-order valence-corrected chi connectivity index (χ2v) is 9.94. The fraction of sp³-hybridized carbons (Fsp3) is 0.444. The summed E-state index contributed by atoms with van der Waals surface area (Å²) in [5.74, 6) is 1.66. The van der Waals surface area contributed by atoms with Crippen LogP contribution in [0.15, 0.2) is 36.5 Å². The number of nitrogens with zero attached hydrogens (tertiary/aromatic N) is 2. The average Bonchev–Trinajstić information content (AvgIpc) is 3.48. The third-order valence-electron chi connectivity index (χ3n) is 7.56. The summed E-state index contributed by atoms with van der Waals surface area (Å²) in [5, 5.41) is 0.989. The normalized spacial score (nSPS) is 19.8. The molecule has 2 aliphatic heterocycles. The molecular weight excluding hydrogens is 417 g/mol. The first kappa shape index (κ1) is 20.7. The van der Waals surface area contributed by atoms with Crippen LogP contribution in [0, 0.1) is 11.7 Å². The van der Waals surface area contributed by atoms with Crippen molar-refractivity contribution in [2.75, 3.05) is 26.7 Å². The summed E-state index contributed by atoms with van der Waals surface area (Å²) >= 11 is 0. The number of H-pyrrole nitrogens is 1. The van der Waals surface area contributed by atoms with Crippen molar-refractivity contribution in [3.8, 4) is 5.75 Å². The topological polar surface area (TPSA) is 48.6 Å². The lowest BCUT2D eigenvalue weighted by Gasteiger charge is -2.36. The molecule has 0 spiro atoms. The monoisotopic (exact) mass is 447 g/mol. The van der Waals surface area contributed by atoms with Gasteiger partial charge in [-0.15, -0.1) is 0 Å². The van der Waals surface area contributed by atoms with Crippen LogP contribution in [-0.2, 0) is 19.4 Å². The van der Waals surface area contributed by atoms with Gasteiger partial charge in [0.2, 0.25) is 0 Å². The summed E-state index contributed by atoms with van der Waals surface area (Å²) in [4.78, 5) is 20.1. The number of amides is 1. The quantitative estimate of drug-likeness (QED) is 0.579. The predicted octanol–water partition coefficient (Wildman–Crippen LogP) is 4.54. The Morgan fingerprint density at radius 2 is 2.09 bits per heavy atom. The van der Waals surface area contributed by atoms with Crippen molar-refractivity contribution in [2.45, 2.75) is 44.7 Å². The van der Waals surface area contributed by atoms with E-state index < -0.39 is 0 Å². The molecular formula is C27H30FN3O2. The highest BCUT2D eigenvalue weighted by molar-refractivity contribution is 5.99. The number of aromatic amines is 1. The van der Waals surface area contributed by atoms with Gasteiger partial charge in [0.25, 0.3) is 5.91 Å². The molecule has 0 saturated heterocycles. The van der Waals surface area contributed by atoms with Gasteiger partial charge in [0.15, 0.2) is 0 Å². The maximum atomic E-state index is 13.7. The summed E-state index contributed by atoms with van der Waals surface area (Å²) in [5.41, 5.74) is 5.37. The Morgan fingerprint density at radius 1 is 1.21 bits per heavy atom. The second-order valence-electron chi connectivity index (χ2n) is 9.94. The summed E-state index contributed by atoms with van der Waals surface area (Å²) in [6, 6.07) is 9.17. The number of carbonyl (C=O) groups excluding carboxylic acids is 1. The molecule has 2 aromatic carbocycles. The molecule has 33 heavy (non-hydrogen) atoms. The molecule has 0 bridgehead atoms. The van der Waals surface area contributed by atoms with Crippen LogP contribution in [0.3, 0.4) is 0 Å². The number of halogens is 1. The second kappa shape index (κ2) is 8.17. The van der Waals surface area contributed by atoms with Crippen LogP contribution in [0.1, 0.15) is 46.3 Å². The molecule has 1 N–H and O–H groups in total. The van der Waals surface area contributed by atoms with Gasteiger partial charge >= 0.3 is 0 Å². The van der Waals surface area contributed by atoms with E-state index in [0.717, 1.165) is 66.0 Å². The van der Waals surface area contributed by atoms with Gasteiger partial charge in [-0.05, 0) is 86.0 Å². The first-order valence-electron chi connectivity index (χ1n) is 12.1. The molecule has 1 fully saturated rings. The SMILES string of the molecule is CN1Cc2c(ccc3c2CC(N(CCCc2c[nH]c4ccc(F)cc24)CC2CC2)CO3)C1=O. The van der Waals surface area contributed by atoms with Crippen molar-refractivity contribution in [3.05, 3.63) is 64.6 Å². The highest BCUT2D eigenvalue weighted by atomic mass is 19.1. The number of hydrogen-bond donors (Lipinski definition) is 1. The summed E-state index contributed by atoms with van der Waals surface area (Å²) < 4.78 is 20.0. The van der Waals surface area contributed by atoms with Crippen LogP contribution >= 0.6 is 0 Å². The Labute approximate surface area is 193 Å². The van der Waals surface area contributed by atoms with Crippen LogP contribution in [0.25, 0.3) is 10.9 Å². The van der Waals surface area contributed by atoms with Crippen molar-refractivity contribution in [2.24, 2.45) is 5.92 Å². The van der Waals surface area contributed by atoms with E-state index in [0.29, 0.717) is 19.2 Å². The van der Waals surface area contributed by atoms with Crippen molar-refractivity contribution >= 4 is 16.8 Å². The lowest BCUT2D eigenvalue weighted by Crippen LogP contribution is -2.45. The molecule has 1 aliphatic carbocycles. The van der Waals surface area contributed by atoms with E-state index in [1.165, 1.54) is 30.0 Å². The van der Waals surface area contributed by atoms with E-state index in [9.17, 15) is 9.18 Å². The zero-order chi connectivity index (χ0) is 22.5. The number of nitrogens with one attached hydrogen (secondary N) is 1. The number of aryl methyl sites for hydroxylation is 1. The van der Waals surface area contributed by atoms with E-state index >= 15 is 0 Å². The standard InChI is InChI=1S/C27H30FN3O2/c1-30-15-24-21(27(30)32)7-9-26-23(24)12-20(16-33-26)31(14-17-4-5-17)10-2-3-18-13-29-25-8-6-19(28)11-22(18)25/h6-9,11,13,17,20,29H,2-5,10,12,14-16H2,1H3. The van der Waals surface area contributed by atoms with Crippen molar-refractivity contribution < 1.29 is 13.9 Å². The van der Waals surface area contributed by atoms with E-state index in [1.807, 2.05) is 31.4 Å². The molecule has 1 aromatic heterocycles. The Hall–Kier alpha value is -2.86. The molecule has 172 valence electrons. The van der Waals surface area contributed by atoms with Crippen LogP contribution in [0.5, 0.6) is 5.75 Å². The third-order valence-corrected chi connectivity index (χ3v) is 7.56. The van der Waals surface area contributed by atoms with Gasteiger partial charge in [-0.1, -0.05) is 0 Å². The number of carbonyl (C=O) groups is 1. The lowest BCUT2D eigenvalue weighted by molar-refractivity contribution is 0.0816. The number of fused-ring (bicyclic) bond motifs is 4. The fourth-order valence-electron chi connectivity index (χ4n) is 5.53. The molecule has 6 rings (SSSR count). The highest BCUT2D eigenvalue weighted by Gasteiger charge is 2.35. The zero-order valence-corrected chi connectivity index (χ0v) is 19.1. The Bertz CT molecular complexity index is 1220. The Balaban J connectivity index is 1.18. The van der Waals surface area contributed by atoms with Crippen molar-refractivity contribution in [1.29, 1.82) is 0 Å². The van der Waals surface area contributed by atoms with E-state index in [2.05, 4.69) is 9.88 Å². The number of rotatable bonds is 7. The molecule has 3 aromatic rings. The van der Waals surface area contributed by atoms with Crippen LogP contribution < -0.4 is 4.74 Å². The van der Waals surface area contributed by atoms with E-state index in [-0.39, 0.29) is 11.7 Å². The molecule has 0 radical (unpaired) electrons. The minimum atomic E-state index is -0.187. The largest absolute Gasteiger partial charge is 0.492 e. The van der Waals surface area contributed by atoms with Crippen molar-refractivity contribution in [3.63, 3.8) is 0 Å². The maximum Gasteiger partial charge on any atom is 0.254 e. The number of hydrogen-bond acceptors (Lipinski definition) is 3. The lowest BCUT2D eigenvalue weighted by atomic mass is 9.93. The molecule has 1 saturated carbocycles.